The summed E-state index contributed by atoms with van der Waals surface area (Å²) in [6.45, 7) is 7.82. The molecule has 1 aromatic rings. The van der Waals surface area contributed by atoms with Crippen LogP contribution in [-0.2, 0) is 0 Å². The molecule has 0 amide bonds. The second-order valence-corrected chi connectivity index (χ2v) is 6.70. The molecule has 1 fully saturated rings. The molecular formula is C13H21ClN4OS. The molecule has 0 unspecified atom stereocenters. The Hall–Kier alpha value is -0.720. The number of nitrogens with zero attached hydrogens (tertiary/aromatic N) is 3. The second kappa shape index (κ2) is 7.33. The third-order valence-corrected chi connectivity index (χ3v) is 4.59. The fourth-order valence-electron chi connectivity index (χ4n) is 2.11. The Morgan fingerprint density at radius 1 is 1.45 bits per heavy atom. The van der Waals surface area contributed by atoms with Crippen LogP contribution in [0, 0.1) is 0 Å². The maximum atomic E-state index is 12.0. The van der Waals surface area contributed by atoms with Crippen LogP contribution in [0.4, 0.5) is 5.69 Å². The molecule has 0 aromatic carbocycles. The summed E-state index contributed by atoms with van der Waals surface area (Å²) in [4.78, 5) is 14.4. The number of halogens is 1. The van der Waals surface area contributed by atoms with Crippen molar-refractivity contribution in [3.8, 4) is 0 Å². The van der Waals surface area contributed by atoms with Crippen LogP contribution in [0.1, 0.15) is 19.9 Å². The summed E-state index contributed by atoms with van der Waals surface area (Å²) < 4.78 is 1.40. The molecule has 1 N–H and O–H groups in total. The maximum Gasteiger partial charge on any atom is 0.287 e. The Bertz CT molecular complexity index is 500. The number of nitrogens with one attached hydrogen (secondary N) is 1. The van der Waals surface area contributed by atoms with Crippen LogP contribution in [0.5, 0.6) is 0 Å². The first-order chi connectivity index (χ1) is 9.59. The van der Waals surface area contributed by atoms with Crippen LogP contribution < -0.4 is 10.9 Å². The van der Waals surface area contributed by atoms with Crippen molar-refractivity contribution in [1.82, 2.24) is 14.7 Å². The molecule has 1 aliphatic rings. The summed E-state index contributed by atoms with van der Waals surface area (Å²) in [7, 11) is 0. The van der Waals surface area contributed by atoms with E-state index in [0.717, 1.165) is 26.2 Å². The molecule has 2 heterocycles. The van der Waals surface area contributed by atoms with Crippen LogP contribution >= 0.6 is 23.4 Å². The number of anilines is 1. The van der Waals surface area contributed by atoms with Crippen LogP contribution in [-0.4, -0.2) is 52.4 Å². The number of hydrogen-bond acceptors (Lipinski definition) is 5. The number of thioether (sulfide) groups is 1. The Morgan fingerprint density at radius 2 is 2.15 bits per heavy atom. The van der Waals surface area contributed by atoms with Gasteiger partial charge in [0.25, 0.3) is 5.56 Å². The first kappa shape index (κ1) is 15.7. The molecule has 20 heavy (non-hydrogen) atoms. The lowest BCUT2D eigenvalue weighted by Gasteiger charge is -2.26. The van der Waals surface area contributed by atoms with E-state index in [1.807, 2.05) is 25.6 Å². The topological polar surface area (TPSA) is 50.2 Å². The number of rotatable bonds is 5. The van der Waals surface area contributed by atoms with Crippen molar-refractivity contribution in [3.05, 3.63) is 21.6 Å². The molecule has 0 spiro atoms. The van der Waals surface area contributed by atoms with E-state index in [0.29, 0.717) is 5.69 Å². The molecule has 7 heteroatoms. The normalized spacial score (nSPS) is 16.6. The quantitative estimate of drug-likeness (QED) is 0.899. The van der Waals surface area contributed by atoms with E-state index in [9.17, 15) is 4.79 Å². The predicted octanol–water partition coefficient (Wildman–Crippen LogP) is 1.94. The van der Waals surface area contributed by atoms with Crippen molar-refractivity contribution in [2.24, 2.45) is 0 Å². The zero-order valence-corrected chi connectivity index (χ0v) is 13.5. The summed E-state index contributed by atoms with van der Waals surface area (Å²) in [5.41, 5.74) is 0.390. The van der Waals surface area contributed by atoms with E-state index >= 15 is 0 Å². The standard InChI is InChI=1S/C13H21ClN4OS/c1-10(2)18-13(19)12(14)11(9-16-18)15-3-4-17-5-7-20-8-6-17/h9-10,15H,3-8H2,1-2H3. The molecule has 1 aliphatic heterocycles. The lowest BCUT2D eigenvalue weighted by molar-refractivity contribution is 0.314. The van der Waals surface area contributed by atoms with Crippen molar-refractivity contribution in [2.45, 2.75) is 19.9 Å². The van der Waals surface area contributed by atoms with Gasteiger partial charge in [-0.05, 0) is 13.8 Å². The summed E-state index contributed by atoms with van der Waals surface area (Å²) in [5, 5.41) is 7.58. The van der Waals surface area contributed by atoms with E-state index in [4.69, 9.17) is 11.6 Å². The van der Waals surface area contributed by atoms with Crippen molar-refractivity contribution in [3.63, 3.8) is 0 Å². The highest BCUT2D eigenvalue weighted by Gasteiger charge is 2.12. The predicted molar refractivity (Wildman–Crippen MR) is 86.1 cm³/mol. The third kappa shape index (κ3) is 3.90. The summed E-state index contributed by atoms with van der Waals surface area (Å²) in [6, 6.07) is 0.0138. The lowest BCUT2D eigenvalue weighted by atomic mass is 10.4. The molecule has 1 aromatic heterocycles. The minimum Gasteiger partial charge on any atom is -0.381 e. The van der Waals surface area contributed by atoms with Gasteiger partial charge in [-0.25, -0.2) is 4.68 Å². The fraction of sp³-hybridized carbons (Fsp3) is 0.692. The number of aromatic nitrogens is 2. The first-order valence-electron chi connectivity index (χ1n) is 6.91. The van der Waals surface area contributed by atoms with Gasteiger partial charge >= 0.3 is 0 Å². The lowest BCUT2D eigenvalue weighted by Crippen LogP contribution is -2.36. The molecule has 0 atom stereocenters. The molecule has 0 saturated carbocycles. The SMILES string of the molecule is CC(C)n1ncc(NCCN2CCSCC2)c(Cl)c1=O. The zero-order chi connectivity index (χ0) is 14.5. The molecule has 0 aliphatic carbocycles. The van der Waals surface area contributed by atoms with Gasteiger partial charge in [0.15, 0.2) is 0 Å². The van der Waals surface area contributed by atoms with Crippen molar-refractivity contribution in [1.29, 1.82) is 0 Å². The van der Waals surface area contributed by atoms with Crippen LogP contribution in [0.3, 0.4) is 0 Å². The smallest absolute Gasteiger partial charge is 0.287 e. The molecule has 2 rings (SSSR count). The molecule has 112 valence electrons. The van der Waals surface area contributed by atoms with Gasteiger partial charge in [0.2, 0.25) is 0 Å². The second-order valence-electron chi connectivity index (χ2n) is 5.10. The summed E-state index contributed by atoms with van der Waals surface area (Å²) in [6.07, 6.45) is 1.63. The monoisotopic (exact) mass is 316 g/mol. The Labute approximate surface area is 128 Å². The number of hydrogen-bond donors (Lipinski definition) is 1. The van der Waals surface area contributed by atoms with E-state index in [2.05, 4.69) is 15.3 Å². The Kier molecular flexibility index (Phi) is 5.74. The molecule has 0 radical (unpaired) electrons. The van der Waals surface area contributed by atoms with Gasteiger partial charge in [-0.1, -0.05) is 11.6 Å². The largest absolute Gasteiger partial charge is 0.381 e. The Balaban J connectivity index is 1.93. The highest BCUT2D eigenvalue weighted by Crippen LogP contribution is 2.16. The highest BCUT2D eigenvalue weighted by molar-refractivity contribution is 7.99. The minimum absolute atomic E-state index is 0.0138. The minimum atomic E-state index is -0.235. The van der Waals surface area contributed by atoms with E-state index in [-0.39, 0.29) is 16.6 Å². The molecule has 5 nitrogen and oxygen atoms in total. The van der Waals surface area contributed by atoms with Gasteiger partial charge in [0.1, 0.15) is 5.02 Å². The third-order valence-electron chi connectivity index (χ3n) is 3.28. The first-order valence-corrected chi connectivity index (χ1v) is 8.44. The van der Waals surface area contributed by atoms with E-state index < -0.39 is 0 Å². The van der Waals surface area contributed by atoms with Crippen LogP contribution in [0.2, 0.25) is 5.02 Å². The molecular weight excluding hydrogens is 296 g/mol. The highest BCUT2D eigenvalue weighted by atomic mass is 35.5. The van der Waals surface area contributed by atoms with Crippen molar-refractivity contribution in [2.75, 3.05) is 43.0 Å². The van der Waals surface area contributed by atoms with E-state index in [1.54, 1.807) is 6.20 Å². The molecule has 1 saturated heterocycles. The van der Waals surface area contributed by atoms with Gasteiger partial charge in [0.05, 0.1) is 17.9 Å². The van der Waals surface area contributed by atoms with E-state index in [1.165, 1.54) is 16.2 Å². The van der Waals surface area contributed by atoms with Gasteiger partial charge < -0.3 is 5.32 Å². The molecule has 0 bridgehead atoms. The van der Waals surface area contributed by atoms with Gasteiger partial charge in [0, 0.05) is 37.7 Å². The maximum absolute atomic E-state index is 12.0. The average molecular weight is 317 g/mol. The van der Waals surface area contributed by atoms with Crippen LogP contribution in [0.25, 0.3) is 0 Å². The zero-order valence-electron chi connectivity index (χ0n) is 11.9. The van der Waals surface area contributed by atoms with Gasteiger partial charge in [-0.3, -0.25) is 9.69 Å². The fourth-order valence-corrected chi connectivity index (χ4v) is 3.29. The van der Waals surface area contributed by atoms with Gasteiger partial charge in [-0.15, -0.1) is 0 Å². The van der Waals surface area contributed by atoms with Crippen molar-refractivity contribution >= 4 is 29.1 Å². The van der Waals surface area contributed by atoms with Crippen molar-refractivity contribution < 1.29 is 0 Å². The van der Waals surface area contributed by atoms with Gasteiger partial charge in [-0.2, -0.15) is 16.9 Å². The summed E-state index contributed by atoms with van der Waals surface area (Å²) >= 11 is 8.11. The Morgan fingerprint density at radius 3 is 2.80 bits per heavy atom. The average Bonchev–Trinajstić information content (AvgIpc) is 2.44. The summed E-state index contributed by atoms with van der Waals surface area (Å²) in [5.74, 6) is 2.40. The van der Waals surface area contributed by atoms with Crippen LogP contribution in [0.15, 0.2) is 11.0 Å².